The lowest BCUT2D eigenvalue weighted by Gasteiger charge is -2.09. The fraction of sp³-hybridized carbons (Fsp3) is 0.0833. The van der Waals surface area contributed by atoms with E-state index >= 15 is 0 Å². The number of aromatic nitrogens is 1. The van der Waals surface area contributed by atoms with Gasteiger partial charge in [0.1, 0.15) is 5.82 Å². The number of nitrogens with two attached hydrogens (primary N) is 1. The van der Waals surface area contributed by atoms with Crippen molar-refractivity contribution in [3.8, 4) is 0 Å². The fourth-order valence-corrected chi connectivity index (χ4v) is 2.60. The molecule has 0 spiro atoms. The van der Waals surface area contributed by atoms with E-state index in [1.807, 2.05) is 0 Å². The van der Waals surface area contributed by atoms with Crippen molar-refractivity contribution in [3.05, 3.63) is 47.9 Å². The van der Waals surface area contributed by atoms with Gasteiger partial charge in [0.05, 0.1) is 11.4 Å². The summed E-state index contributed by atoms with van der Waals surface area (Å²) in [6, 6.07) is 7.01. The summed E-state index contributed by atoms with van der Waals surface area (Å²) in [5.41, 5.74) is 6.14. The number of nitrogen functional groups attached to an aromatic ring is 1. The minimum Gasteiger partial charge on any atom is -0.396 e. The second-order valence-electron chi connectivity index (χ2n) is 3.97. The molecule has 2 aromatic rings. The minimum absolute atomic E-state index is 0.0302. The van der Waals surface area contributed by atoms with Gasteiger partial charge in [-0.05, 0) is 36.8 Å². The third-order valence-corrected chi connectivity index (χ3v) is 3.83. The molecular formula is C12H12FN3O2S. The molecule has 0 saturated carbocycles. The normalized spacial score (nSPS) is 11.3. The first-order chi connectivity index (χ1) is 8.90. The molecule has 19 heavy (non-hydrogen) atoms. The van der Waals surface area contributed by atoms with Crippen molar-refractivity contribution >= 4 is 21.4 Å². The van der Waals surface area contributed by atoms with Gasteiger partial charge in [-0.3, -0.25) is 4.72 Å². The van der Waals surface area contributed by atoms with E-state index in [9.17, 15) is 12.8 Å². The largest absolute Gasteiger partial charge is 0.396 e. The van der Waals surface area contributed by atoms with Gasteiger partial charge in [-0.1, -0.05) is 6.07 Å². The maximum atomic E-state index is 13.4. The Balaban J connectivity index is 2.37. The van der Waals surface area contributed by atoms with Crippen LogP contribution < -0.4 is 10.5 Å². The van der Waals surface area contributed by atoms with Gasteiger partial charge >= 0.3 is 0 Å². The summed E-state index contributed by atoms with van der Waals surface area (Å²) in [5.74, 6) is -0.491. The smallest absolute Gasteiger partial charge is 0.281 e. The topological polar surface area (TPSA) is 85.1 Å². The third kappa shape index (κ3) is 2.82. The Morgan fingerprint density at radius 1 is 1.32 bits per heavy atom. The Hall–Kier alpha value is -2.15. The van der Waals surface area contributed by atoms with Crippen molar-refractivity contribution in [1.29, 1.82) is 0 Å². The van der Waals surface area contributed by atoms with E-state index in [1.54, 1.807) is 6.92 Å². The molecule has 2 rings (SSSR count). The average Bonchev–Trinajstić information content (AvgIpc) is 2.34. The zero-order chi connectivity index (χ0) is 14.0. The number of nitrogens with one attached hydrogen (secondary N) is 1. The summed E-state index contributed by atoms with van der Waals surface area (Å²) < 4.78 is 39.7. The van der Waals surface area contributed by atoms with Gasteiger partial charge in [0, 0.05) is 6.20 Å². The summed E-state index contributed by atoms with van der Waals surface area (Å²) in [6.45, 7) is 1.59. The number of benzene rings is 1. The predicted octanol–water partition coefficient (Wildman–Crippen LogP) is 1.91. The zero-order valence-electron chi connectivity index (χ0n) is 10.1. The van der Waals surface area contributed by atoms with Crippen LogP contribution in [0.25, 0.3) is 0 Å². The Labute approximate surface area is 110 Å². The van der Waals surface area contributed by atoms with Gasteiger partial charge in [-0.2, -0.15) is 8.42 Å². The average molecular weight is 281 g/mol. The summed E-state index contributed by atoms with van der Waals surface area (Å²) in [4.78, 5) is 3.72. The summed E-state index contributed by atoms with van der Waals surface area (Å²) in [7, 11) is -3.93. The molecule has 0 aliphatic carbocycles. The first-order valence-corrected chi connectivity index (χ1v) is 6.88. The first kappa shape index (κ1) is 13.3. The number of hydrogen-bond acceptors (Lipinski definition) is 4. The van der Waals surface area contributed by atoms with Crippen molar-refractivity contribution in [1.82, 2.24) is 4.98 Å². The van der Waals surface area contributed by atoms with Gasteiger partial charge in [0.25, 0.3) is 10.0 Å². The molecule has 0 atom stereocenters. The van der Waals surface area contributed by atoms with Gasteiger partial charge in [-0.15, -0.1) is 0 Å². The second-order valence-corrected chi connectivity index (χ2v) is 5.56. The molecule has 7 heteroatoms. The lowest BCUT2D eigenvalue weighted by molar-refractivity contribution is 0.598. The highest BCUT2D eigenvalue weighted by molar-refractivity contribution is 7.92. The van der Waals surface area contributed by atoms with E-state index in [1.165, 1.54) is 30.5 Å². The molecule has 0 unspecified atom stereocenters. The van der Waals surface area contributed by atoms with Crippen molar-refractivity contribution < 1.29 is 12.8 Å². The third-order valence-electron chi connectivity index (χ3n) is 2.48. The van der Waals surface area contributed by atoms with Crippen molar-refractivity contribution in [3.63, 3.8) is 0 Å². The van der Waals surface area contributed by atoms with Crippen LogP contribution in [0.2, 0.25) is 0 Å². The summed E-state index contributed by atoms with van der Waals surface area (Å²) in [6.07, 6.45) is 1.32. The Morgan fingerprint density at radius 3 is 2.68 bits per heavy atom. The molecule has 0 radical (unpaired) electrons. The highest BCUT2D eigenvalue weighted by atomic mass is 32.2. The number of rotatable bonds is 3. The van der Waals surface area contributed by atoms with Crippen LogP contribution in [0.3, 0.4) is 0 Å². The SMILES string of the molecule is Cc1ccc(NS(=O)(=O)c2ncccc2N)cc1F. The van der Waals surface area contributed by atoms with Crippen molar-refractivity contribution in [2.24, 2.45) is 0 Å². The maximum absolute atomic E-state index is 13.4. The van der Waals surface area contributed by atoms with Crippen LogP contribution >= 0.6 is 0 Å². The number of halogens is 1. The fourth-order valence-electron chi connectivity index (χ4n) is 1.49. The Morgan fingerprint density at radius 2 is 2.05 bits per heavy atom. The Bertz CT molecular complexity index is 717. The molecule has 3 N–H and O–H groups in total. The Kier molecular flexibility index (Phi) is 3.39. The molecule has 1 heterocycles. The summed E-state index contributed by atoms with van der Waals surface area (Å²) >= 11 is 0. The molecule has 1 aromatic carbocycles. The van der Waals surface area contributed by atoms with Gasteiger partial charge in [0.2, 0.25) is 0 Å². The molecule has 5 nitrogen and oxygen atoms in total. The highest BCUT2D eigenvalue weighted by Crippen LogP contribution is 2.20. The van der Waals surface area contributed by atoms with E-state index in [-0.39, 0.29) is 16.4 Å². The van der Waals surface area contributed by atoms with Crippen LogP contribution in [-0.2, 0) is 10.0 Å². The van der Waals surface area contributed by atoms with Gasteiger partial charge in [-0.25, -0.2) is 9.37 Å². The zero-order valence-corrected chi connectivity index (χ0v) is 10.9. The molecule has 0 fully saturated rings. The number of hydrogen-bond donors (Lipinski definition) is 2. The molecular weight excluding hydrogens is 269 g/mol. The van der Waals surface area contributed by atoms with E-state index in [2.05, 4.69) is 9.71 Å². The summed E-state index contributed by atoms with van der Waals surface area (Å²) in [5, 5.41) is -0.281. The first-order valence-electron chi connectivity index (χ1n) is 5.39. The molecule has 0 saturated heterocycles. The molecule has 100 valence electrons. The highest BCUT2D eigenvalue weighted by Gasteiger charge is 2.19. The van der Waals surface area contributed by atoms with E-state index < -0.39 is 15.8 Å². The lowest BCUT2D eigenvalue weighted by Crippen LogP contribution is -2.16. The lowest BCUT2D eigenvalue weighted by atomic mass is 10.2. The van der Waals surface area contributed by atoms with Crippen LogP contribution in [0.5, 0.6) is 0 Å². The monoisotopic (exact) mass is 281 g/mol. The van der Waals surface area contributed by atoms with Crippen LogP contribution in [0.4, 0.5) is 15.8 Å². The van der Waals surface area contributed by atoms with Gasteiger partial charge < -0.3 is 5.73 Å². The van der Waals surface area contributed by atoms with Gasteiger partial charge in [0.15, 0.2) is 5.03 Å². The molecule has 0 amide bonds. The quantitative estimate of drug-likeness (QED) is 0.900. The molecule has 0 aliphatic heterocycles. The van der Waals surface area contributed by atoms with Crippen LogP contribution in [0.15, 0.2) is 41.6 Å². The standard InChI is InChI=1S/C12H12FN3O2S/c1-8-4-5-9(7-10(8)13)16-19(17,18)12-11(14)3-2-6-15-12/h2-7,16H,14H2,1H3. The molecule has 0 aliphatic rings. The number of aryl methyl sites for hydroxylation is 1. The number of nitrogens with zero attached hydrogens (tertiary/aromatic N) is 1. The predicted molar refractivity (Wildman–Crippen MR) is 70.6 cm³/mol. The van der Waals surface area contributed by atoms with E-state index in [0.29, 0.717) is 5.56 Å². The van der Waals surface area contributed by atoms with E-state index in [4.69, 9.17) is 5.73 Å². The van der Waals surface area contributed by atoms with Crippen LogP contribution in [-0.4, -0.2) is 13.4 Å². The molecule has 1 aromatic heterocycles. The van der Waals surface area contributed by atoms with E-state index in [0.717, 1.165) is 6.07 Å². The number of pyridine rings is 1. The van der Waals surface area contributed by atoms with Crippen molar-refractivity contribution in [2.45, 2.75) is 11.9 Å². The van der Waals surface area contributed by atoms with Crippen LogP contribution in [0, 0.1) is 12.7 Å². The molecule has 0 bridgehead atoms. The number of anilines is 2. The second kappa shape index (κ2) is 4.85. The van der Waals surface area contributed by atoms with Crippen molar-refractivity contribution in [2.75, 3.05) is 10.5 Å². The van der Waals surface area contributed by atoms with Crippen LogP contribution in [0.1, 0.15) is 5.56 Å². The number of sulfonamides is 1. The maximum Gasteiger partial charge on any atom is 0.281 e. The minimum atomic E-state index is -3.93.